The third-order valence-corrected chi connectivity index (χ3v) is 2.17. The fourth-order valence-corrected chi connectivity index (χ4v) is 1.34. The van der Waals surface area contributed by atoms with Gasteiger partial charge in [0.05, 0.1) is 14.2 Å². The molecule has 0 N–H and O–H groups in total. The lowest BCUT2D eigenvalue weighted by Gasteiger charge is -2.10. The van der Waals surface area contributed by atoms with E-state index in [9.17, 15) is 0 Å². The van der Waals surface area contributed by atoms with E-state index in [-0.39, 0.29) is 0 Å². The van der Waals surface area contributed by atoms with Crippen molar-refractivity contribution in [2.45, 2.75) is 0 Å². The molecule has 0 aliphatic heterocycles. The second kappa shape index (κ2) is 5.21. The number of methoxy groups -OCH3 is 2. The molecule has 0 amide bonds. The van der Waals surface area contributed by atoms with E-state index in [1.165, 1.54) is 0 Å². The van der Waals surface area contributed by atoms with E-state index in [0.717, 1.165) is 0 Å². The molecule has 1 heterocycles. The van der Waals surface area contributed by atoms with E-state index in [2.05, 4.69) is 11.1 Å². The Morgan fingerprint density at radius 1 is 1.06 bits per heavy atom. The molecule has 0 saturated heterocycles. The van der Waals surface area contributed by atoms with Gasteiger partial charge in [-0.3, -0.25) is 0 Å². The van der Waals surface area contributed by atoms with Gasteiger partial charge >= 0.3 is 0 Å². The predicted molar refractivity (Wildman–Crippen MR) is 62.7 cm³/mol. The minimum atomic E-state index is 0.493. The van der Waals surface area contributed by atoms with Crippen LogP contribution in [0.4, 0.5) is 0 Å². The zero-order valence-corrected chi connectivity index (χ0v) is 9.64. The lowest BCUT2D eigenvalue weighted by molar-refractivity contribution is 0.365. The molecule has 2 aromatic rings. The molecule has 2 rings (SSSR count). The van der Waals surface area contributed by atoms with Crippen molar-refractivity contribution in [1.82, 2.24) is 4.98 Å². The second-order valence-electron chi connectivity index (χ2n) is 3.22. The largest absolute Gasteiger partial charge is 0.497 e. The monoisotopic (exact) mass is 230 g/mol. The van der Waals surface area contributed by atoms with Gasteiger partial charge in [-0.2, -0.15) is 0 Å². The normalized spacial score (nSPS) is 9.76. The predicted octanol–water partition coefficient (Wildman–Crippen LogP) is 2.69. The van der Waals surface area contributed by atoms with Crippen LogP contribution in [-0.4, -0.2) is 19.2 Å². The highest BCUT2D eigenvalue weighted by molar-refractivity contribution is 5.46. The zero-order valence-electron chi connectivity index (χ0n) is 9.64. The molecule has 0 aliphatic carbocycles. The van der Waals surface area contributed by atoms with E-state index in [4.69, 9.17) is 14.2 Å². The molecule has 1 aromatic carbocycles. The molecule has 4 nitrogen and oxygen atoms in total. The Balaban J connectivity index is 2.26. The van der Waals surface area contributed by atoms with Crippen molar-refractivity contribution in [2.75, 3.05) is 14.2 Å². The molecule has 0 bridgehead atoms. The highest BCUT2D eigenvalue weighted by Crippen LogP contribution is 2.33. The lowest BCUT2D eigenvalue weighted by Crippen LogP contribution is -1.92. The minimum Gasteiger partial charge on any atom is -0.497 e. The number of ether oxygens (including phenoxy) is 3. The molecule has 0 spiro atoms. The van der Waals surface area contributed by atoms with Gasteiger partial charge in [0.15, 0.2) is 11.5 Å². The Morgan fingerprint density at radius 2 is 1.94 bits per heavy atom. The van der Waals surface area contributed by atoms with Gasteiger partial charge in [0.25, 0.3) is 0 Å². The molecular weight excluding hydrogens is 218 g/mol. The summed E-state index contributed by atoms with van der Waals surface area (Å²) in [6.07, 6.45) is 1.55. The van der Waals surface area contributed by atoms with Gasteiger partial charge in [0.1, 0.15) is 5.75 Å². The first-order chi connectivity index (χ1) is 8.33. The van der Waals surface area contributed by atoms with Crippen LogP contribution < -0.4 is 14.2 Å². The van der Waals surface area contributed by atoms with Crippen molar-refractivity contribution in [3.8, 4) is 23.1 Å². The Labute approximate surface area is 99.8 Å². The fraction of sp³-hybridized carbons (Fsp3) is 0.154. The summed E-state index contributed by atoms with van der Waals surface area (Å²) >= 11 is 0. The van der Waals surface area contributed by atoms with Crippen molar-refractivity contribution in [2.24, 2.45) is 0 Å². The number of nitrogens with zero attached hydrogens (tertiary/aromatic N) is 1. The van der Waals surface area contributed by atoms with Crippen molar-refractivity contribution in [3.05, 3.63) is 42.6 Å². The van der Waals surface area contributed by atoms with Gasteiger partial charge in [-0.1, -0.05) is 0 Å². The summed E-state index contributed by atoms with van der Waals surface area (Å²) in [4.78, 5) is 4.03. The van der Waals surface area contributed by atoms with Gasteiger partial charge in [-0.15, -0.1) is 0 Å². The van der Waals surface area contributed by atoms with Gasteiger partial charge in [-0.25, -0.2) is 4.98 Å². The summed E-state index contributed by atoms with van der Waals surface area (Å²) in [7, 11) is 3.18. The van der Waals surface area contributed by atoms with Crippen LogP contribution in [0.2, 0.25) is 0 Å². The van der Waals surface area contributed by atoms with Crippen LogP contribution in [0.3, 0.4) is 0 Å². The Morgan fingerprint density at radius 3 is 2.59 bits per heavy atom. The van der Waals surface area contributed by atoms with E-state index >= 15 is 0 Å². The third-order valence-electron chi connectivity index (χ3n) is 2.17. The Hall–Kier alpha value is -2.23. The number of pyridine rings is 1. The number of benzene rings is 1. The summed E-state index contributed by atoms with van der Waals surface area (Å²) in [5, 5.41) is 0. The fourth-order valence-electron chi connectivity index (χ4n) is 1.34. The maximum Gasteiger partial charge on any atom is 0.219 e. The summed E-state index contributed by atoms with van der Waals surface area (Å²) < 4.78 is 15.9. The van der Waals surface area contributed by atoms with E-state index in [1.54, 1.807) is 50.7 Å². The molecule has 0 atom stereocenters. The molecule has 87 valence electrons. The Kier molecular flexibility index (Phi) is 3.45. The zero-order chi connectivity index (χ0) is 12.1. The smallest absolute Gasteiger partial charge is 0.219 e. The molecule has 0 saturated carbocycles. The van der Waals surface area contributed by atoms with Crippen LogP contribution in [0.5, 0.6) is 23.1 Å². The van der Waals surface area contributed by atoms with Crippen LogP contribution in [0, 0.1) is 6.07 Å². The third kappa shape index (κ3) is 2.66. The number of rotatable bonds is 4. The second-order valence-corrected chi connectivity index (χ2v) is 3.22. The maximum absolute atomic E-state index is 5.59. The van der Waals surface area contributed by atoms with Crippen molar-refractivity contribution in [3.63, 3.8) is 0 Å². The molecular formula is C13H12NO3. The molecule has 4 heteroatoms. The van der Waals surface area contributed by atoms with E-state index in [0.29, 0.717) is 23.1 Å². The summed E-state index contributed by atoms with van der Waals surface area (Å²) in [5.74, 6) is 2.39. The molecule has 0 aliphatic rings. The van der Waals surface area contributed by atoms with Gasteiger partial charge in [-0.05, 0) is 18.2 Å². The molecule has 1 aromatic heterocycles. The van der Waals surface area contributed by atoms with E-state index in [1.807, 2.05) is 0 Å². The summed E-state index contributed by atoms with van der Waals surface area (Å²) in [6, 6.07) is 11.6. The minimum absolute atomic E-state index is 0.493. The van der Waals surface area contributed by atoms with Crippen LogP contribution in [0.25, 0.3) is 0 Å². The quantitative estimate of drug-likeness (QED) is 0.809. The maximum atomic E-state index is 5.59. The standard InChI is InChI=1S/C13H12NO3/c1-15-10-6-7-11(12(9-10)16-2)17-13-5-3-4-8-14-13/h3,5-9H,1-2H3. The highest BCUT2D eigenvalue weighted by Gasteiger charge is 2.07. The van der Waals surface area contributed by atoms with Gasteiger partial charge < -0.3 is 14.2 Å². The lowest BCUT2D eigenvalue weighted by atomic mass is 10.3. The number of hydrogen-bond donors (Lipinski definition) is 0. The summed E-state index contributed by atoms with van der Waals surface area (Å²) in [6.45, 7) is 0. The number of hydrogen-bond acceptors (Lipinski definition) is 4. The van der Waals surface area contributed by atoms with Crippen LogP contribution in [-0.2, 0) is 0 Å². The average molecular weight is 230 g/mol. The first kappa shape index (κ1) is 11.3. The first-order valence-corrected chi connectivity index (χ1v) is 5.05. The SMILES string of the molecule is COc1ccc(Oc2cc[c]cn2)c(OC)c1. The highest BCUT2D eigenvalue weighted by atomic mass is 16.5. The van der Waals surface area contributed by atoms with Crippen LogP contribution >= 0.6 is 0 Å². The summed E-state index contributed by atoms with van der Waals surface area (Å²) in [5.41, 5.74) is 0. The molecule has 1 radical (unpaired) electrons. The number of aromatic nitrogens is 1. The molecule has 0 unspecified atom stereocenters. The van der Waals surface area contributed by atoms with Gasteiger partial charge in [0, 0.05) is 24.4 Å². The molecule has 0 fully saturated rings. The van der Waals surface area contributed by atoms with Crippen molar-refractivity contribution >= 4 is 0 Å². The van der Waals surface area contributed by atoms with Crippen molar-refractivity contribution < 1.29 is 14.2 Å². The van der Waals surface area contributed by atoms with Crippen LogP contribution in [0.1, 0.15) is 0 Å². The average Bonchev–Trinajstić information content (AvgIpc) is 2.40. The van der Waals surface area contributed by atoms with Gasteiger partial charge in [0.2, 0.25) is 5.88 Å². The van der Waals surface area contributed by atoms with E-state index < -0.39 is 0 Å². The topological polar surface area (TPSA) is 40.6 Å². The Bertz CT molecular complexity index is 485. The first-order valence-electron chi connectivity index (χ1n) is 5.05. The van der Waals surface area contributed by atoms with Crippen LogP contribution in [0.15, 0.2) is 36.5 Å². The van der Waals surface area contributed by atoms with Crippen molar-refractivity contribution in [1.29, 1.82) is 0 Å². The molecule has 17 heavy (non-hydrogen) atoms.